The third kappa shape index (κ3) is 1.09. The lowest BCUT2D eigenvalue weighted by Gasteiger charge is -2.72. The van der Waals surface area contributed by atoms with E-state index in [4.69, 9.17) is 14.2 Å². The highest BCUT2D eigenvalue weighted by Crippen LogP contribution is 2.76. The van der Waals surface area contributed by atoms with Gasteiger partial charge in [0.15, 0.2) is 0 Å². The van der Waals surface area contributed by atoms with Crippen LogP contribution in [-0.4, -0.2) is 48.2 Å². The van der Waals surface area contributed by atoms with E-state index in [1.807, 2.05) is 6.08 Å². The Labute approximate surface area is 125 Å². The quantitative estimate of drug-likeness (QED) is 0.610. The average Bonchev–Trinajstić information content (AvgIpc) is 3.19. The van der Waals surface area contributed by atoms with E-state index >= 15 is 0 Å². The zero-order valence-corrected chi connectivity index (χ0v) is 13.0. The molecule has 4 bridgehead atoms. The van der Waals surface area contributed by atoms with Crippen LogP contribution in [0, 0.1) is 17.8 Å². The Morgan fingerprint density at radius 3 is 2.90 bits per heavy atom. The Kier molecular flexibility index (Phi) is 2.43. The fourth-order valence-electron chi connectivity index (χ4n) is 4.83. The number of hydrogen-bond donors (Lipinski definition) is 1. The number of rotatable bonds is 3. The first-order chi connectivity index (χ1) is 9.48. The largest absolute Gasteiger partial charge is 0.466 e. The Hall–Kier alpha value is -0.430. The molecule has 4 fully saturated rings. The standard InChI is InChI=1S/C14H17BrO5/c1-3-19-11(16)10-12(18-2)5-7-8(15)4-9(12)14(10,17)13(7)6-20-13/h4,7,9-10,17H,3,5-6H2,1-2H3/t7-,9-,10-,12-,13+,14?/m0/s1. The zero-order valence-electron chi connectivity index (χ0n) is 11.4. The first kappa shape index (κ1) is 13.2. The van der Waals surface area contributed by atoms with Crippen LogP contribution in [0.5, 0.6) is 0 Å². The minimum absolute atomic E-state index is 0.0585. The number of hydrogen-bond acceptors (Lipinski definition) is 5. The highest BCUT2D eigenvalue weighted by Gasteiger charge is 2.90. The molecule has 0 aromatic rings. The van der Waals surface area contributed by atoms with E-state index in [1.54, 1.807) is 14.0 Å². The molecule has 110 valence electrons. The molecule has 6 heteroatoms. The molecule has 1 N–H and O–H groups in total. The lowest BCUT2D eigenvalue weighted by atomic mass is 9.36. The summed E-state index contributed by atoms with van der Waals surface area (Å²) in [5.41, 5.74) is -2.49. The van der Waals surface area contributed by atoms with E-state index in [2.05, 4.69) is 15.9 Å². The van der Waals surface area contributed by atoms with Gasteiger partial charge in [-0.05, 0) is 17.8 Å². The van der Waals surface area contributed by atoms with E-state index in [0.717, 1.165) is 4.48 Å². The van der Waals surface area contributed by atoms with Gasteiger partial charge >= 0.3 is 5.97 Å². The van der Waals surface area contributed by atoms with Crippen molar-refractivity contribution in [2.45, 2.75) is 30.1 Å². The van der Waals surface area contributed by atoms with Gasteiger partial charge in [-0.1, -0.05) is 22.0 Å². The number of esters is 1. The molecular weight excluding hydrogens is 328 g/mol. The van der Waals surface area contributed by atoms with E-state index in [1.165, 1.54) is 0 Å². The SMILES string of the molecule is CCOC(=O)[C@@H]1C2(O)[C@H]3C=C(Br)[C@H](C[C@]31OC)[C@]21CO1. The summed E-state index contributed by atoms with van der Waals surface area (Å²) in [5, 5.41) is 11.2. The maximum atomic E-state index is 12.3. The normalized spacial score (nSPS) is 54.4. The van der Waals surface area contributed by atoms with Crippen molar-refractivity contribution in [2.75, 3.05) is 20.3 Å². The number of methoxy groups -OCH3 is 1. The van der Waals surface area contributed by atoms with Crippen LogP contribution in [0.2, 0.25) is 0 Å². The lowest BCUT2D eigenvalue weighted by Crippen LogP contribution is -2.87. The van der Waals surface area contributed by atoms with Crippen LogP contribution in [0.15, 0.2) is 10.6 Å². The highest BCUT2D eigenvalue weighted by molar-refractivity contribution is 9.11. The van der Waals surface area contributed by atoms with Crippen LogP contribution in [0.25, 0.3) is 0 Å². The predicted octanol–water partition coefficient (Wildman–Crippen LogP) is 0.993. The van der Waals surface area contributed by atoms with E-state index in [0.29, 0.717) is 19.6 Å². The number of carbonyl (C=O) groups is 1. The summed E-state index contributed by atoms with van der Waals surface area (Å²) in [6.45, 7) is 2.55. The monoisotopic (exact) mass is 344 g/mol. The first-order valence-electron chi connectivity index (χ1n) is 6.93. The molecule has 1 aliphatic heterocycles. The first-order valence-corrected chi connectivity index (χ1v) is 7.72. The maximum absolute atomic E-state index is 12.3. The fraction of sp³-hybridized carbons (Fsp3) is 0.786. The van der Waals surface area contributed by atoms with Crippen LogP contribution >= 0.6 is 15.9 Å². The smallest absolute Gasteiger partial charge is 0.314 e. The minimum Gasteiger partial charge on any atom is -0.466 e. The molecule has 20 heavy (non-hydrogen) atoms. The molecule has 6 atom stereocenters. The summed E-state index contributed by atoms with van der Waals surface area (Å²) in [6, 6.07) is 0. The van der Waals surface area contributed by atoms with Crippen molar-refractivity contribution < 1.29 is 24.1 Å². The molecule has 3 saturated carbocycles. The van der Waals surface area contributed by atoms with Crippen molar-refractivity contribution in [3.05, 3.63) is 10.6 Å². The third-order valence-corrected chi connectivity index (χ3v) is 6.53. The Balaban J connectivity index is 1.82. The van der Waals surface area contributed by atoms with Crippen LogP contribution in [0.3, 0.4) is 0 Å². The van der Waals surface area contributed by atoms with Crippen molar-refractivity contribution >= 4 is 21.9 Å². The Morgan fingerprint density at radius 1 is 1.65 bits per heavy atom. The van der Waals surface area contributed by atoms with Crippen LogP contribution < -0.4 is 0 Å². The van der Waals surface area contributed by atoms with E-state index in [9.17, 15) is 9.90 Å². The molecule has 0 aromatic heterocycles. The summed E-state index contributed by atoms with van der Waals surface area (Å²) in [6.07, 6.45) is 2.66. The third-order valence-electron chi connectivity index (χ3n) is 5.71. The topological polar surface area (TPSA) is 68.3 Å². The van der Waals surface area contributed by atoms with Gasteiger partial charge in [0.25, 0.3) is 0 Å². The summed E-state index contributed by atoms with van der Waals surface area (Å²) >= 11 is 3.57. The van der Waals surface area contributed by atoms with Crippen molar-refractivity contribution in [2.24, 2.45) is 17.8 Å². The number of ether oxygens (including phenoxy) is 3. The highest BCUT2D eigenvalue weighted by atomic mass is 79.9. The molecule has 6 aliphatic rings. The molecule has 1 saturated heterocycles. The van der Waals surface area contributed by atoms with Crippen LogP contribution in [0.1, 0.15) is 13.3 Å². The van der Waals surface area contributed by atoms with Crippen LogP contribution in [-0.2, 0) is 19.0 Å². The second-order valence-electron chi connectivity index (χ2n) is 6.13. The average molecular weight is 345 g/mol. The maximum Gasteiger partial charge on any atom is 0.314 e. The lowest BCUT2D eigenvalue weighted by molar-refractivity contribution is -0.344. The van der Waals surface area contributed by atoms with E-state index < -0.39 is 22.7 Å². The summed E-state index contributed by atoms with van der Waals surface area (Å²) < 4.78 is 17.6. The fourth-order valence-corrected chi connectivity index (χ4v) is 5.63. The second-order valence-corrected chi connectivity index (χ2v) is 7.05. The summed E-state index contributed by atoms with van der Waals surface area (Å²) in [5.74, 6) is -1.21. The number of halogens is 1. The van der Waals surface area contributed by atoms with Crippen molar-refractivity contribution in [1.29, 1.82) is 0 Å². The van der Waals surface area contributed by atoms with Gasteiger partial charge in [-0.3, -0.25) is 4.79 Å². The molecule has 5 nitrogen and oxygen atoms in total. The van der Waals surface area contributed by atoms with Crippen molar-refractivity contribution in [3.63, 3.8) is 0 Å². The van der Waals surface area contributed by atoms with Gasteiger partial charge in [-0.25, -0.2) is 0 Å². The molecule has 1 heterocycles. The molecule has 0 aromatic carbocycles. The molecule has 0 radical (unpaired) electrons. The van der Waals surface area contributed by atoms with Gasteiger partial charge in [0, 0.05) is 18.9 Å². The van der Waals surface area contributed by atoms with Gasteiger partial charge in [0.2, 0.25) is 0 Å². The van der Waals surface area contributed by atoms with Gasteiger partial charge in [-0.2, -0.15) is 0 Å². The van der Waals surface area contributed by atoms with E-state index in [-0.39, 0.29) is 17.8 Å². The predicted molar refractivity (Wildman–Crippen MR) is 72.1 cm³/mol. The van der Waals surface area contributed by atoms with Gasteiger partial charge in [-0.15, -0.1) is 0 Å². The molecule has 6 rings (SSSR count). The van der Waals surface area contributed by atoms with Gasteiger partial charge in [0.1, 0.15) is 17.1 Å². The second kappa shape index (κ2) is 3.66. The number of epoxide rings is 1. The number of carbonyl (C=O) groups excluding carboxylic acids is 1. The van der Waals surface area contributed by atoms with Gasteiger partial charge in [0.05, 0.1) is 18.8 Å². The zero-order chi connectivity index (χ0) is 14.3. The summed E-state index contributed by atoms with van der Waals surface area (Å²) in [7, 11) is 1.61. The number of aliphatic hydroxyl groups is 1. The van der Waals surface area contributed by atoms with Crippen molar-refractivity contribution in [3.8, 4) is 0 Å². The Bertz CT molecular complexity index is 528. The molecular formula is C14H17BrO5. The van der Waals surface area contributed by atoms with Gasteiger partial charge < -0.3 is 19.3 Å². The van der Waals surface area contributed by atoms with Crippen LogP contribution in [0.4, 0.5) is 0 Å². The Morgan fingerprint density at radius 2 is 2.35 bits per heavy atom. The van der Waals surface area contributed by atoms with Crippen molar-refractivity contribution in [1.82, 2.24) is 0 Å². The molecule has 1 spiro atoms. The minimum atomic E-state index is -1.20. The molecule has 0 amide bonds. The summed E-state index contributed by atoms with van der Waals surface area (Å²) in [4.78, 5) is 12.3. The molecule has 1 unspecified atom stereocenters. The molecule has 5 aliphatic carbocycles.